The maximum Gasteiger partial charge on any atom is 0.405 e. The fraction of sp³-hybridized carbons (Fsp3) is 0.158. The number of alkyl halides is 3. The van der Waals surface area contributed by atoms with Gasteiger partial charge in [-0.1, -0.05) is 6.07 Å². The van der Waals surface area contributed by atoms with E-state index in [1.165, 1.54) is 42.6 Å². The van der Waals surface area contributed by atoms with E-state index in [0.717, 1.165) is 0 Å². The normalized spacial score (nSPS) is 11.3. The third-order valence-corrected chi connectivity index (χ3v) is 4.32. The molecule has 1 heterocycles. The van der Waals surface area contributed by atoms with Crippen molar-refractivity contribution in [3.63, 3.8) is 0 Å². The molecule has 0 radical (unpaired) electrons. The van der Waals surface area contributed by atoms with E-state index in [1.807, 2.05) is 0 Å². The lowest BCUT2D eigenvalue weighted by Gasteiger charge is -2.12. The Labute approximate surface area is 167 Å². The minimum absolute atomic E-state index is 0.0604. The van der Waals surface area contributed by atoms with E-state index in [1.54, 1.807) is 12.2 Å². The molecule has 0 aliphatic heterocycles. The van der Waals surface area contributed by atoms with Gasteiger partial charge in [-0.15, -0.1) is 0 Å². The van der Waals surface area contributed by atoms with Gasteiger partial charge in [-0.25, -0.2) is 0 Å². The number of nitrogens with one attached hydrogen (secondary N) is 3. The summed E-state index contributed by atoms with van der Waals surface area (Å²) in [5.41, 5.74) is 1.20. The van der Waals surface area contributed by atoms with E-state index in [0.29, 0.717) is 16.5 Å². The van der Waals surface area contributed by atoms with Gasteiger partial charge in [0.15, 0.2) is 0 Å². The quantitative estimate of drug-likeness (QED) is 0.428. The van der Waals surface area contributed by atoms with Gasteiger partial charge in [0.2, 0.25) is 0 Å². The van der Waals surface area contributed by atoms with Gasteiger partial charge in [-0.2, -0.15) is 13.2 Å². The number of nitrogens with zero attached hydrogens (tertiary/aromatic N) is 1. The Morgan fingerprint density at radius 2 is 1.87 bits per heavy atom. The highest BCUT2D eigenvalue weighted by atomic mass is 19.4. The van der Waals surface area contributed by atoms with Crippen molar-refractivity contribution in [1.29, 1.82) is 0 Å². The molecule has 0 atom stereocenters. The lowest BCUT2D eigenvalue weighted by atomic mass is 10.1. The number of hydrogen-bond acceptors (Lipinski definition) is 4. The second-order valence-electron chi connectivity index (χ2n) is 6.47. The Morgan fingerprint density at radius 3 is 2.53 bits per heavy atom. The van der Waals surface area contributed by atoms with Gasteiger partial charge >= 0.3 is 6.18 Å². The average molecular weight is 420 g/mol. The number of fused-ring (bicyclic) bond motifs is 1. The van der Waals surface area contributed by atoms with Crippen molar-refractivity contribution >= 4 is 34.1 Å². The van der Waals surface area contributed by atoms with Crippen molar-refractivity contribution in [3.05, 3.63) is 69.4 Å². The molecule has 0 saturated heterocycles. The molecule has 0 bridgehead atoms. The highest BCUT2D eigenvalue weighted by Crippen LogP contribution is 2.25. The van der Waals surface area contributed by atoms with Crippen molar-refractivity contribution in [2.45, 2.75) is 13.1 Å². The third-order valence-electron chi connectivity index (χ3n) is 4.32. The average Bonchev–Trinajstić information content (AvgIpc) is 3.10. The predicted octanol–water partition coefficient (Wildman–Crippen LogP) is 3.93. The molecule has 0 fully saturated rings. The molecule has 8 nitrogen and oxygen atoms in total. The van der Waals surface area contributed by atoms with E-state index < -0.39 is 29.5 Å². The number of H-pyrrole nitrogens is 1. The minimum atomic E-state index is -4.55. The topological polar surface area (TPSA) is 117 Å². The molecular formula is C19H15F3N4O4. The van der Waals surface area contributed by atoms with Crippen molar-refractivity contribution in [2.75, 3.05) is 11.9 Å². The molecule has 11 heteroatoms. The number of amides is 2. The van der Waals surface area contributed by atoms with E-state index in [9.17, 15) is 32.9 Å². The highest BCUT2D eigenvalue weighted by molar-refractivity contribution is 6.13. The molecule has 156 valence electrons. The molecule has 30 heavy (non-hydrogen) atoms. The summed E-state index contributed by atoms with van der Waals surface area (Å²) in [4.78, 5) is 37.9. The van der Waals surface area contributed by atoms with Crippen LogP contribution in [0.2, 0.25) is 0 Å². The second-order valence-corrected chi connectivity index (χ2v) is 6.47. The number of nitro benzene ring substituents is 1. The van der Waals surface area contributed by atoms with Crippen LogP contribution in [0.25, 0.3) is 10.9 Å². The Balaban J connectivity index is 1.85. The summed E-state index contributed by atoms with van der Waals surface area (Å²) in [6.45, 7) is 0.169. The van der Waals surface area contributed by atoms with Crippen LogP contribution in [0.1, 0.15) is 26.3 Å². The largest absolute Gasteiger partial charge is 0.405 e. The molecule has 0 aliphatic rings. The van der Waals surface area contributed by atoms with Gasteiger partial charge in [0.05, 0.1) is 10.5 Å². The van der Waals surface area contributed by atoms with Gasteiger partial charge in [0.25, 0.3) is 17.5 Å². The van der Waals surface area contributed by atoms with Crippen LogP contribution in [-0.4, -0.2) is 34.4 Å². The van der Waals surface area contributed by atoms with Crippen molar-refractivity contribution < 1.29 is 27.7 Å². The number of nitro groups is 1. The first-order valence-corrected chi connectivity index (χ1v) is 8.57. The molecule has 0 unspecified atom stereocenters. The number of aromatic nitrogens is 1. The van der Waals surface area contributed by atoms with Crippen LogP contribution >= 0.6 is 0 Å². The number of halogens is 3. The van der Waals surface area contributed by atoms with Crippen LogP contribution in [0.3, 0.4) is 0 Å². The number of hydrogen-bond donors (Lipinski definition) is 3. The number of aromatic amines is 1. The summed E-state index contributed by atoms with van der Waals surface area (Å²) < 4.78 is 36.9. The summed E-state index contributed by atoms with van der Waals surface area (Å²) >= 11 is 0. The van der Waals surface area contributed by atoms with Gasteiger partial charge in [-0.05, 0) is 30.7 Å². The Kier molecular flexibility index (Phi) is 5.45. The lowest BCUT2D eigenvalue weighted by molar-refractivity contribution is -0.384. The molecule has 3 aromatic rings. The Morgan fingerprint density at radius 1 is 1.13 bits per heavy atom. The summed E-state index contributed by atoms with van der Waals surface area (Å²) in [7, 11) is 0. The van der Waals surface area contributed by atoms with Crippen molar-refractivity contribution in [1.82, 2.24) is 10.3 Å². The first-order chi connectivity index (χ1) is 14.0. The standard InChI is InChI=1S/C19H15F3N4O4/c1-10-2-3-11(17(27)24-9-19(20,21)22)6-16(10)25-18(28)14-8-23-15-5-4-12(26(29)30)7-13(14)15/h2-8,23H,9H2,1H3,(H,24,27)(H,25,28). The van der Waals surface area contributed by atoms with Gasteiger partial charge in [0.1, 0.15) is 6.54 Å². The SMILES string of the molecule is Cc1ccc(C(=O)NCC(F)(F)F)cc1NC(=O)c1c[nH]c2ccc([N+](=O)[O-])cc12. The van der Waals surface area contributed by atoms with Gasteiger partial charge in [-0.3, -0.25) is 19.7 Å². The fourth-order valence-corrected chi connectivity index (χ4v) is 2.78. The molecule has 2 amide bonds. The van der Waals surface area contributed by atoms with Crippen molar-refractivity contribution in [2.24, 2.45) is 0 Å². The predicted molar refractivity (Wildman–Crippen MR) is 102 cm³/mol. The summed E-state index contributed by atoms with van der Waals surface area (Å²) in [6, 6.07) is 8.11. The number of aryl methyl sites for hydroxylation is 1. The summed E-state index contributed by atoms with van der Waals surface area (Å²) in [5, 5.41) is 15.7. The number of benzene rings is 2. The number of carbonyl (C=O) groups is 2. The summed E-state index contributed by atoms with van der Waals surface area (Å²) in [6.07, 6.45) is -3.16. The Hall–Kier alpha value is -3.89. The van der Waals surface area contributed by atoms with Crippen LogP contribution in [0.5, 0.6) is 0 Å². The van der Waals surface area contributed by atoms with Gasteiger partial charge in [0, 0.05) is 40.5 Å². The minimum Gasteiger partial charge on any atom is -0.360 e. The Bertz CT molecular complexity index is 1150. The second kappa shape index (κ2) is 7.85. The number of anilines is 1. The molecule has 3 rings (SSSR count). The lowest BCUT2D eigenvalue weighted by Crippen LogP contribution is -2.33. The first kappa shape index (κ1) is 20.8. The zero-order valence-corrected chi connectivity index (χ0v) is 15.5. The van der Waals surface area contributed by atoms with Gasteiger partial charge < -0.3 is 15.6 Å². The maximum atomic E-state index is 12.7. The molecule has 0 aliphatic carbocycles. The smallest absolute Gasteiger partial charge is 0.360 e. The number of rotatable bonds is 5. The molecule has 3 N–H and O–H groups in total. The summed E-state index contributed by atoms with van der Waals surface area (Å²) in [5.74, 6) is -1.54. The zero-order chi connectivity index (χ0) is 22.1. The van der Waals surface area contributed by atoms with E-state index in [-0.39, 0.29) is 22.5 Å². The molecular weight excluding hydrogens is 405 g/mol. The molecule has 0 saturated carbocycles. The fourth-order valence-electron chi connectivity index (χ4n) is 2.78. The zero-order valence-electron chi connectivity index (χ0n) is 15.5. The van der Waals surface area contributed by atoms with Crippen LogP contribution < -0.4 is 10.6 Å². The number of non-ortho nitro benzene ring substituents is 1. The highest BCUT2D eigenvalue weighted by Gasteiger charge is 2.28. The van der Waals surface area contributed by atoms with E-state index in [4.69, 9.17) is 0 Å². The van der Waals surface area contributed by atoms with Crippen LogP contribution in [0.4, 0.5) is 24.5 Å². The third kappa shape index (κ3) is 4.57. The number of carbonyl (C=O) groups excluding carboxylic acids is 2. The molecule has 0 spiro atoms. The van der Waals surface area contributed by atoms with Crippen LogP contribution in [0.15, 0.2) is 42.6 Å². The van der Waals surface area contributed by atoms with Crippen LogP contribution in [0, 0.1) is 17.0 Å². The van der Waals surface area contributed by atoms with Crippen molar-refractivity contribution in [3.8, 4) is 0 Å². The van der Waals surface area contributed by atoms with E-state index in [2.05, 4.69) is 10.3 Å². The van der Waals surface area contributed by atoms with Crippen LogP contribution in [-0.2, 0) is 0 Å². The first-order valence-electron chi connectivity index (χ1n) is 8.57. The van der Waals surface area contributed by atoms with E-state index >= 15 is 0 Å². The molecule has 1 aromatic heterocycles. The maximum absolute atomic E-state index is 12.7. The molecule has 2 aromatic carbocycles. The monoisotopic (exact) mass is 420 g/mol.